The number of allylic oxidation sites excluding steroid dienone is 1. The molecule has 4 heteroatoms. The van der Waals surface area contributed by atoms with E-state index in [2.05, 4.69) is 84.5 Å². The molecule has 48 heavy (non-hydrogen) atoms. The van der Waals surface area contributed by atoms with Gasteiger partial charge < -0.3 is 19.3 Å². The molecule has 4 nitrogen and oxygen atoms in total. The molecule has 3 aromatic rings. The van der Waals surface area contributed by atoms with E-state index in [1.807, 2.05) is 13.0 Å². The van der Waals surface area contributed by atoms with Crippen LogP contribution >= 0.6 is 0 Å². The van der Waals surface area contributed by atoms with E-state index in [0.717, 1.165) is 83.4 Å². The zero-order valence-corrected chi connectivity index (χ0v) is 30.8. The first-order valence-electron chi connectivity index (χ1n) is 18.8. The van der Waals surface area contributed by atoms with Gasteiger partial charge in [-0.15, -0.1) is 0 Å². The van der Waals surface area contributed by atoms with Gasteiger partial charge >= 0.3 is 0 Å². The van der Waals surface area contributed by atoms with Crippen LogP contribution in [-0.2, 0) is 12.8 Å². The van der Waals surface area contributed by atoms with E-state index in [1.165, 1.54) is 43.2 Å². The maximum Gasteiger partial charge on any atom is 0.131 e. The molecular formula is C44H60O4. The fourth-order valence-corrected chi connectivity index (χ4v) is 8.14. The lowest BCUT2D eigenvalue weighted by Crippen LogP contribution is -2.46. The smallest absolute Gasteiger partial charge is 0.131 e. The van der Waals surface area contributed by atoms with Crippen LogP contribution in [0.5, 0.6) is 23.0 Å². The Morgan fingerprint density at radius 2 is 1.54 bits per heavy atom. The lowest BCUT2D eigenvalue weighted by atomic mass is 9.64. The van der Waals surface area contributed by atoms with Gasteiger partial charge in [-0.1, -0.05) is 88.8 Å². The molecule has 1 aliphatic carbocycles. The first-order valence-corrected chi connectivity index (χ1v) is 18.8. The first-order chi connectivity index (χ1) is 23.0. The summed E-state index contributed by atoms with van der Waals surface area (Å²) in [5.74, 6) is 4.51. The fraction of sp³-hybridized carbons (Fsp3) is 0.545. The minimum atomic E-state index is -0.195. The van der Waals surface area contributed by atoms with E-state index < -0.39 is 0 Å². The number of unbranched alkanes of at least 4 members (excludes halogenated alkanes) is 4. The Balaban J connectivity index is 1.44. The van der Waals surface area contributed by atoms with Crippen LogP contribution in [0.3, 0.4) is 0 Å². The van der Waals surface area contributed by atoms with Gasteiger partial charge in [-0.3, -0.25) is 0 Å². The highest BCUT2D eigenvalue weighted by atomic mass is 16.5. The second kappa shape index (κ2) is 15.9. The summed E-state index contributed by atoms with van der Waals surface area (Å²) in [6.45, 7) is 20.5. The molecule has 0 bridgehead atoms. The number of hydrogen-bond acceptors (Lipinski definition) is 4. The fourth-order valence-electron chi connectivity index (χ4n) is 8.14. The largest absolute Gasteiger partial charge is 0.507 e. The van der Waals surface area contributed by atoms with E-state index in [1.54, 1.807) is 0 Å². The summed E-state index contributed by atoms with van der Waals surface area (Å²) in [5, 5.41) is 11.5. The Bertz CT molecular complexity index is 1570. The van der Waals surface area contributed by atoms with Crippen LogP contribution in [-0.4, -0.2) is 23.9 Å². The number of phenolic OH excluding ortho intramolecular Hbond substituents is 1. The summed E-state index contributed by atoms with van der Waals surface area (Å²) in [6, 6.07) is 14.9. The summed E-state index contributed by atoms with van der Waals surface area (Å²) >= 11 is 0. The minimum Gasteiger partial charge on any atom is -0.507 e. The first kappa shape index (κ1) is 35.9. The number of aryl methyl sites for hydroxylation is 3. The van der Waals surface area contributed by atoms with Gasteiger partial charge in [0.1, 0.15) is 41.8 Å². The zero-order valence-electron chi connectivity index (χ0n) is 30.8. The molecule has 1 heterocycles. The van der Waals surface area contributed by atoms with Gasteiger partial charge in [-0.25, -0.2) is 0 Å². The summed E-state index contributed by atoms with van der Waals surface area (Å²) in [4.78, 5) is 0. The average molecular weight is 653 g/mol. The highest BCUT2D eigenvalue weighted by Crippen LogP contribution is 2.55. The van der Waals surface area contributed by atoms with Crippen LogP contribution in [0.15, 0.2) is 49.0 Å². The molecule has 2 aliphatic rings. The summed E-state index contributed by atoms with van der Waals surface area (Å²) in [7, 11) is 0. The van der Waals surface area contributed by atoms with Gasteiger partial charge in [0, 0.05) is 11.5 Å². The molecule has 260 valence electrons. The summed E-state index contributed by atoms with van der Waals surface area (Å²) in [5.41, 5.74) is 8.21. The van der Waals surface area contributed by atoms with Crippen molar-refractivity contribution in [2.24, 2.45) is 11.8 Å². The van der Waals surface area contributed by atoms with Gasteiger partial charge in [0.25, 0.3) is 0 Å². The molecular weight excluding hydrogens is 592 g/mol. The highest BCUT2D eigenvalue weighted by molar-refractivity contribution is 5.86. The third kappa shape index (κ3) is 8.24. The molecule has 0 aromatic heterocycles. The zero-order chi connectivity index (χ0) is 34.4. The van der Waals surface area contributed by atoms with Crippen LogP contribution in [0.1, 0.15) is 133 Å². The number of hydrogen-bond donors (Lipinski definition) is 1. The second-order valence-corrected chi connectivity index (χ2v) is 15.3. The van der Waals surface area contributed by atoms with E-state index >= 15 is 0 Å². The molecule has 1 N–H and O–H groups in total. The van der Waals surface area contributed by atoms with E-state index in [4.69, 9.17) is 14.2 Å². The molecule has 0 spiro atoms. The molecule has 3 aromatic carbocycles. The van der Waals surface area contributed by atoms with Crippen molar-refractivity contribution in [3.8, 4) is 34.1 Å². The average Bonchev–Trinajstić information content (AvgIpc) is 3.02. The van der Waals surface area contributed by atoms with Crippen molar-refractivity contribution in [1.82, 2.24) is 0 Å². The quantitative estimate of drug-likeness (QED) is 0.166. The Labute approximate surface area is 290 Å². The number of rotatable bonds is 15. The van der Waals surface area contributed by atoms with Gasteiger partial charge in [-0.2, -0.15) is 0 Å². The monoisotopic (exact) mass is 652 g/mol. The van der Waals surface area contributed by atoms with Crippen molar-refractivity contribution in [1.29, 1.82) is 0 Å². The van der Waals surface area contributed by atoms with Crippen molar-refractivity contribution in [3.05, 3.63) is 76.9 Å². The van der Waals surface area contributed by atoms with Crippen molar-refractivity contribution in [2.45, 2.75) is 131 Å². The maximum atomic E-state index is 11.5. The number of fused-ring (bicyclic) bond motifs is 3. The Morgan fingerprint density at radius 1 is 0.896 bits per heavy atom. The topological polar surface area (TPSA) is 47.9 Å². The molecule has 0 unspecified atom stereocenters. The van der Waals surface area contributed by atoms with Crippen LogP contribution in [0, 0.1) is 18.8 Å². The number of ether oxygens (including phenoxy) is 3. The van der Waals surface area contributed by atoms with Gasteiger partial charge in [0.15, 0.2) is 0 Å². The van der Waals surface area contributed by atoms with E-state index in [9.17, 15) is 5.11 Å². The maximum absolute atomic E-state index is 11.5. The summed E-state index contributed by atoms with van der Waals surface area (Å²) < 4.78 is 20.1. The summed E-state index contributed by atoms with van der Waals surface area (Å²) in [6.07, 6.45) is 12.5. The lowest BCUT2D eigenvalue weighted by molar-refractivity contribution is -0.0149. The molecule has 1 fully saturated rings. The lowest BCUT2D eigenvalue weighted by Gasteiger charge is -2.49. The van der Waals surface area contributed by atoms with E-state index in [0.29, 0.717) is 36.7 Å². The molecule has 1 aliphatic heterocycles. The second-order valence-electron chi connectivity index (χ2n) is 15.3. The Morgan fingerprint density at radius 3 is 2.21 bits per heavy atom. The van der Waals surface area contributed by atoms with Crippen LogP contribution in [0.25, 0.3) is 16.7 Å². The molecule has 0 saturated heterocycles. The van der Waals surface area contributed by atoms with Crippen molar-refractivity contribution < 1.29 is 19.3 Å². The standard InChI is InChI=1S/C44H60O4/c1-9-11-13-15-32-25-38(45)42(35-23-30(5)17-19-34(35)29(3)4)39(26-32)46-21-22-47-40-27-33(16-14-12-10-2)28-41-43(40)36-24-31(6)18-20-37(36)44(7,8)48-41/h17,19,23,25-28,31,36-37,45H,3,9-16,18,20-22,24H2,1-2,4-8H3/t31-,36+,37+/m0/s1. The molecule has 5 rings (SSSR count). The van der Waals surface area contributed by atoms with Crippen molar-refractivity contribution >= 4 is 5.57 Å². The van der Waals surface area contributed by atoms with Crippen molar-refractivity contribution in [3.63, 3.8) is 0 Å². The molecule has 3 atom stereocenters. The van der Waals surface area contributed by atoms with Crippen molar-refractivity contribution in [2.75, 3.05) is 13.2 Å². The predicted octanol–water partition coefficient (Wildman–Crippen LogP) is 12.0. The highest BCUT2D eigenvalue weighted by Gasteiger charge is 2.47. The van der Waals surface area contributed by atoms with Gasteiger partial charge in [-0.05, 0) is 125 Å². The third-order valence-electron chi connectivity index (χ3n) is 10.7. The van der Waals surface area contributed by atoms with Crippen LogP contribution < -0.4 is 14.2 Å². The normalized spacial score (nSPS) is 19.6. The molecule has 1 saturated carbocycles. The predicted molar refractivity (Wildman–Crippen MR) is 201 cm³/mol. The number of aromatic hydroxyl groups is 1. The van der Waals surface area contributed by atoms with Gasteiger partial charge in [0.2, 0.25) is 0 Å². The number of phenols is 1. The van der Waals surface area contributed by atoms with E-state index in [-0.39, 0.29) is 11.4 Å². The minimum absolute atomic E-state index is 0.195. The SMILES string of the molecule is C=C(C)c1ccc(C)cc1-c1c(O)cc(CCCCC)cc1OCCOc1cc(CCCCC)cc2c1[C@@H]1C[C@@H](C)CC[C@H]1C(C)(C)O2. The Hall–Kier alpha value is -3.40. The van der Waals surface area contributed by atoms with Crippen LogP contribution in [0.2, 0.25) is 0 Å². The molecule has 0 radical (unpaired) electrons. The van der Waals surface area contributed by atoms with Gasteiger partial charge in [0.05, 0.1) is 5.56 Å². The third-order valence-corrected chi connectivity index (χ3v) is 10.7. The van der Waals surface area contributed by atoms with Crippen LogP contribution in [0.4, 0.5) is 0 Å². The Kier molecular flexibility index (Phi) is 11.9. The number of benzene rings is 3. The molecule has 0 amide bonds.